The van der Waals surface area contributed by atoms with Crippen LogP contribution in [0.1, 0.15) is 29.8 Å². The van der Waals surface area contributed by atoms with Crippen LogP contribution < -0.4 is 10.6 Å². The minimum Gasteiger partial charge on any atom is -0.393 e. The molecule has 2 rings (SSSR count). The van der Waals surface area contributed by atoms with E-state index in [1.807, 2.05) is 0 Å². The lowest BCUT2D eigenvalue weighted by Gasteiger charge is -2.09. The van der Waals surface area contributed by atoms with Gasteiger partial charge >= 0.3 is 6.03 Å². The number of hydrogen-bond donors (Lipinski definition) is 2. The third-order valence-electron chi connectivity index (χ3n) is 3.13. The molecule has 2 N–H and O–H groups in total. The van der Waals surface area contributed by atoms with Crippen LogP contribution in [0.4, 0.5) is 23.7 Å². The summed E-state index contributed by atoms with van der Waals surface area (Å²) in [6.45, 7) is 3.55. The number of benzene rings is 2. The highest BCUT2D eigenvalue weighted by Gasteiger charge is 2.19. The highest BCUT2D eigenvalue weighted by atomic mass is 19.1. The number of carbonyl (C=O) groups is 2. The normalized spacial score (nSPS) is 10.9. The minimum absolute atomic E-state index is 0.132. The van der Waals surface area contributed by atoms with Crippen LogP contribution in [-0.2, 0) is 4.84 Å². The number of nitrogens with zero attached hydrogens (tertiary/aromatic N) is 1. The zero-order valence-electron chi connectivity index (χ0n) is 14.4. The van der Waals surface area contributed by atoms with E-state index in [1.165, 1.54) is 18.3 Å². The maximum atomic E-state index is 14.0. The van der Waals surface area contributed by atoms with Gasteiger partial charge < -0.3 is 10.2 Å². The zero-order chi connectivity index (χ0) is 20.0. The Morgan fingerprint density at radius 3 is 2.33 bits per heavy atom. The summed E-state index contributed by atoms with van der Waals surface area (Å²) in [5.41, 5.74) is -0.773. The third kappa shape index (κ3) is 5.56. The Morgan fingerprint density at radius 1 is 1.07 bits per heavy atom. The summed E-state index contributed by atoms with van der Waals surface area (Å²) in [4.78, 5) is 28.6. The van der Waals surface area contributed by atoms with Crippen molar-refractivity contribution in [3.63, 3.8) is 0 Å². The van der Waals surface area contributed by atoms with Crippen molar-refractivity contribution in [2.75, 3.05) is 5.32 Å². The Bertz CT molecular complexity index is 865. The maximum absolute atomic E-state index is 14.0. The van der Waals surface area contributed by atoms with Crippen molar-refractivity contribution in [1.82, 2.24) is 5.32 Å². The van der Waals surface area contributed by atoms with Crippen LogP contribution in [0.25, 0.3) is 0 Å². The molecule has 0 radical (unpaired) electrons. The average Bonchev–Trinajstić information content (AvgIpc) is 2.56. The number of nitrogens with one attached hydrogen (secondary N) is 2. The Morgan fingerprint density at radius 2 is 1.74 bits per heavy atom. The molecule has 0 atom stereocenters. The monoisotopic (exact) mass is 379 g/mol. The first-order valence-electron chi connectivity index (χ1n) is 7.83. The molecule has 0 heterocycles. The fourth-order valence-corrected chi connectivity index (χ4v) is 1.96. The third-order valence-corrected chi connectivity index (χ3v) is 3.13. The number of imide groups is 1. The predicted octanol–water partition coefficient (Wildman–Crippen LogP) is 3.82. The van der Waals surface area contributed by atoms with Gasteiger partial charge in [-0.25, -0.2) is 18.0 Å². The first kappa shape index (κ1) is 20.0. The van der Waals surface area contributed by atoms with Crippen LogP contribution in [0.15, 0.2) is 41.6 Å². The summed E-state index contributed by atoms with van der Waals surface area (Å²) in [5.74, 6) is -4.35. The molecule has 0 saturated carbocycles. The molecule has 0 unspecified atom stereocenters. The first-order chi connectivity index (χ1) is 12.8. The average molecular weight is 379 g/mol. The van der Waals surface area contributed by atoms with Gasteiger partial charge in [-0.2, -0.15) is 0 Å². The molecule has 6 nitrogen and oxygen atoms in total. The van der Waals surface area contributed by atoms with E-state index in [0.717, 1.165) is 24.3 Å². The van der Waals surface area contributed by atoms with E-state index in [4.69, 9.17) is 4.84 Å². The summed E-state index contributed by atoms with van der Waals surface area (Å²) in [6, 6.07) is 5.45. The molecule has 0 spiro atoms. The maximum Gasteiger partial charge on any atom is 0.326 e. The molecule has 0 bridgehead atoms. The van der Waals surface area contributed by atoms with Gasteiger partial charge in [0.1, 0.15) is 29.1 Å². The lowest BCUT2D eigenvalue weighted by atomic mass is 10.2. The van der Waals surface area contributed by atoms with Gasteiger partial charge in [-0.15, -0.1) is 0 Å². The van der Waals surface area contributed by atoms with Crippen LogP contribution >= 0.6 is 0 Å². The molecule has 142 valence electrons. The van der Waals surface area contributed by atoms with E-state index in [2.05, 4.69) is 10.5 Å². The lowest BCUT2D eigenvalue weighted by Crippen LogP contribution is -2.35. The van der Waals surface area contributed by atoms with E-state index < -0.39 is 35.0 Å². The van der Waals surface area contributed by atoms with Crippen LogP contribution in [0, 0.1) is 17.5 Å². The van der Waals surface area contributed by atoms with E-state index >= 15 is 0 Å². The number of hydrogen-bond acceptors (Lipinski definition) is 4. The second-order valence-electron chi connectivity index (χ2n) is 5.63. The predicted molar refractivity (Wildman–Crippen MR) is 93.1 cm³/mol. The van der Waals surface area contributed by atoms with Crippen molar-refractivity contribution in [3.05, 3.63) is 65.0 Å². The van der Waals surface area contributed by atoms with Gasteiger partial charge in [0, 0.05) is 0 Å². The molecular weight excluding hydrogens is 363 g/mol. The molecule has 0 aliphatic heterocycles. The van der Waals surface area contributed by atoms with Crippen LogP contribution in [0.5, 0.6) is 0 Å². The highest BCUT2D eigenvalue weighted by molar-refractivity contribution is 6.08. The van der Waals surface area contributed by atoms with Gasteiger partial charge in [-0.3, -0.25) is 10.1 Å². The Labute approximate surface area is 153 Å². The molecule has 3 amide bonds. The van der Waals surface area contributed by atoms with Crippen molar-refractivity contribution in [2.45, 2.75) is 20.0 Å². The van der Waals surface area contributed by atoms with Gasteiger partial charge in [0.05, 0.1) is 11.9 Å². The molecule has 0 saturated heterocycles. The van der Waals surface area contributed by atoms with Crippen LogP contribution in [-0.4, -0.2) is 24.3 Å². The molecule has 9 heteroatoms. The van der Waals surface area contributed by atoms with Crippen LogP contribution in [0.2, 0.25) is 0 Å². The lowest BCUT2D eigenvalue weighted by molar-refractivity contribution is 0.0873. The smallest absolute Gasteiger partial charge is 0.326 e. The summed E-state index contributed by atoms with van der Waals surface area (Å²) < 4.78 is 41.1. The van der Waals surface area contributed by atoms with Gasteiger partial charge in [0.15, 0.2) is 0 Å². The fourth-order valence-electron chi connectivity index (χ4n) is 1.96. The summed E-state index contributed by atoms with van der Waals surface area (Å²) in [5, 5.41) is 7.47. The molecule has 0 fully saturated rings. The van der Waals surface area contributed by atoms with Gasteiger partial charge in [-0.1, -0.05) is 17.3 Å². The molecule has 0 aromatic heterocycles. The Hall–Kier alpha value is -3.36. The van der Waals surface area contributed by atoms with E-state index in [0.29, 0.717) is 5.56 Å². The van der Waals surface area contributed by atoms with Crippen molar-refractivity contribution in [3.8, 4) is 0 Å². The molecule has 2 aromatic carbocycles. The largest absolute Gasteiger partial charge is 0.393 e. The first-order valence-corrected chi connectivity index (χ1v) is 7.83. The zero-order valence-corrected chi connectivity index (χ0v) is 14.4. The summed E-state index contributed by atoms with van der Waals surface area (Å²) >= 11 is 0. The quantitative estimate of drug-likeness (QED) is 0.612. The Balaban J connectivity index is 2.03. The second kappa shape index (κ2) is 8.84. The number of carbonyl (C=O) groups excluding carboxylic acids is 2. The van der Waals surface area contributed by atoms with Gasteiger partial charge in [0.2, 0.25) is 0 Å². The van der Waals surface area contributed by atoms with Gasteiger partial charge in [0.25, 0.3) is 5.91 Å². The summed E-state index contributed by atoms with van der Waals surface area (Å²) in [7, 11) is 0. The van der Waals surface area contributed by atoms with Crippen molar-refractivity contribution in [1.29, 1.82) is 0 Å². The molecule has 27 heavy (non-hydrogen) atoms. The fraction of sp³-hybridized carbons (Fsp3) is 0.167. The topological polar surface area (TPSA) is 79.8 Å². The standard InChI is InChI=1S/C18H16F3N3O3/c1-10(2)27-22-9-11-6-7-15(14(21)8-11)23-18(26)24-17(25)16-12(19)4-3-5-13(16)20/h3-10H,1-2H3,(H2,23,24,25,26)/b22-9+. The van der Waals surface area contributed by atoms with E-state index in [1.54, 1.807) is 19.2 Å². The van der Waals surface area contributed by atoms with E-state index in [9.17, 15) is 22.8 Å². The SMILES string of the molecule is CC(C)O/N=C/c1ccc(NC(=O)NC(=O)c2c(F)cccc2F)c(F)c1. The number of rotatable bonds is 5. The second-order valence-corrected chi connectivity index (χ2v) is 5.63. The van der Waals surface area contributed by atoms with Crippen LogP contribution in [0.3, 0.4) is 0 Å². The number of urea groups is 1. The number of oxime groups is 1. The Kier molecular flexibility index (Phi) is 6.53. The molecular formula is C18H16F3N3O3. The number of halogens is 3. The van der Waals surface area contributed by atoms with Crippen molar-refractivity contribution in [2.24, 2.45) is 5.16 Å². The number of anilines is 1. The minimum atomic E-state index is -1.29. The molecule has 0 aliphatic carbocycles. The number of amides is 3. The van der Waals surface area contributed by atoms with Crippen molar-refractivity contribution >= 4 is 23.8 Å². The molecule has 2 aromatic rings. The summed E-state index contributed by atoms with van der Waals surface area (Å²) in [6.07, 6.45) is 1.16. The highest BCUT2D eigenvalue weighted by Crippen LogP contribution is 2.16. The molecule has 0 aliphatic rings. The van der Waals surface area contributed by atoms with Crippen molar-refractivity contribution < 1.29 is 27.6 Å². The van der Waals surface area contributed by atoms with Gasteiger partial charge in [-0.05, 0) is 43.7 Å². The van der Waals surface area contributed by atoms with E-state index in [-0.39, 0.29) is 11.8 Å².